The van der Waals surface area contributed by atoms with Crippen LogP contribution in [0.5, 0.6) is 0 Å². The molecular formula is C14H17Cl2NO3S. The van der Waals surface area contributed by atoms with E-state index in [0.29, 0.717) is 41.0 Å². The van der Waals surface area contributed by atoms with E-state index in [0.717, 1.165) is 5.56 Å². The van der Waals surface area contributed by atoms with E-state index in [2.05, 4.69) is 0 Å². The zero-order valence-electron chi connectivity index (χ0n) is 11.6. The van der Waals surface area contributed by atoms with Crippen LogP contribution in [-0.2, 0) is 16.0 Å². The van der Waals surface area contributed by atoms with E-state index in [1.807, 2.05) is 13.0 Å². The van der Waals surface area contributed by atoms with Crippen molar-refractivity contribution in [3.63, 3.8) is 0 Å². The van der Waals surface area contributed by atoms with E-state index in [9.17, 15) is 9.59 Å². The number of rotatable bonds is 5. The molecule has 1 aliphatic rings. The van der Waals surface area contributed by atoms with Crippen LogP contribution in [0.4, 0.5) is 0 Å². The fraction of sp³-hybridized carbons (Fsp3) is 0.571. The van der Waals surface area contributed by atoms with Crippen LogP contribution in [0, 0.1) is 11.8 Å². The number of nitrogens with zero attached hydrogens (tertiary/aromatic N) is 1. The maximum atomic E-state index is 12.1. The highest BCUT2D eigenvalue weighted by molar-refractivity contribution is 7.20. The Kier molecular flexibility index (Phi) is 5.52. The lowest BCUT2D eigenvalue weighted by molar-refractivity contribution is -0.142. The first kappa shape index (κ1) is 16.6. The number of halogens is 2. The Bertz CT molecular complexity index is 546. The lowest BCUT2D eigenvalue weighted by atomic mass is 9.99. The molecule has 0 radical (unpaired) electrons. The van der Waals surface area contributed by atoms with Gasteiger partial charge in [-0.3, -0.25) is 9.59 Å². The molecule has 116 valence electrons. The highest BCUT2D eigenvalue weighted by Gasteiger charge is 2.36. The molecule has 1 aromatic heterocycles. The molecule has 0 aliphatic carbocycles. The highest BCUT2D eigenvalue weighted by atomic mass is 35.5. The highest BCUT2D eigenvalue weighted by Crippen LogP contribution is 2.32. The third-order valence-electron chi connectivity index (χ3n) is 3.85. The molecule has 2 atom stereocenters. The summed E-state index contributed by atoms with van der Waals surface area (Å²) in [5.41, 5.74) is 0.970. The number of carboxylic acid groups (broad SMARTS) is 1. The minimum Gasteiger partial charge on any atom is -0.481 e. The van der Waals surface area contributed by atoms with Gasteiger partial charge in [0.1, 0.15) is 0 Å². The topological polar surface area (TPSA) is 57.6 Å². The first-order valence-electron chi connectivity index (χ1n) is 6.82. The summed E-state index contributed by atoms with van der Waals surface area (Å²) in [6.07, 6.45) is 1.80. The number of aryl methyl sites for hydroxylation is 1. The molecule has 4 nitrogen and oxygen atoms in total. The Morgan fingerprint density at radius 1 is 1.43 bits per heavy atom. The van der Waals surface area contributed by atoms with Crippen LogP contribution in [0.2, 0.25) is 8.67 Å². The van der Waals surface area contributed by atoms with E-state index in [4.69, 9.17) is 28.3 Å². The van der Waals surface area contributed by atoms with Gasteiger partial charge in [0.05, 0.1) is 14.6 Å². The van der Waals surface area contributed by atoms with Crippen LogP contribution in [-0.4, -0.2) is 35.0 Å². The number of amides is 1. The van der Waals surface area contributed by atoms with Crippen LogP contribution in [0.15, 0.2) is 6.07 Å². The second-order valence-corrected chi connectivity index (χ2v) is 7.71. The molecule has 0 saturated carbocycles. The smallest absolute Gasteiger partial charge is 0.308 e. The van der Waals surface area contributed by atoms with Crippen molar-refractivity contribution in [3.05, 3.63) is 20.3 Å². The third kappa shape index (κ3) is 4.11. The maximum absolute atomic E-state index is 12.1. The molecule has 0 bridgehead atoms. The van der Waals surface area contributed by atoms with Gasteiger partial charge in [0.15, 0.2) is 0 Å². The number of likely N-dealkylation sites (tertiary alicyclic amines) is 1. The van der Waals surface area contributed by atoms with Crippen molar-refractivity contribution in [3.8, 4) is 0 Å². The van der Waals surface area contributed by atoms with Gasteiger partial charge in [-0.05, 0) is 30.4 Å². The molecular weight excluding hydrogens is 333 g/mol. The molecule has 0 spiro atoms. The van der Waals surface area contributed by atoms with Crippen molar-refractivity contribution in [2.24, 2.45) is 11.8 Å². The number of aliphatic carboxylic acids is 1. The lowest BCUT2D eigenvalue weighted by Gasteiger charge is -2.15. The summed E-state index contributed by atoms with van der Waals surface area (Å²) < 4.78 is 1.33. The van der Waals surface area contributed by atoms with Crippen LogP contribution >= 0.6 is 34.5 Å². The van der Waals surface area contributed by atoms with Gasteiger partial charge in [0.2, 0.25) is 5.91 Å². The molecule has 1 aliphatic heterocycles. The van der Waals surface area contributed by atoms with Gasteiger partial charge in [-0.1, -0.05) is 30.1 Å². The largest absolute Gasteiger partial charge is 0.481 e. The summed E-state index contributed by atoms with van der Waals surface area (Å²) in [7, 11) is 0. The van der Waals surface area contributed by atoms with Gasteiger partial charge in [0, 0.05) is 19.5 Å². The van der Waals surface area contributed by atoms with Gasteiger partial charge >= 0.3 is 5.97 Å². The minimum atomic E-state index is -0.822. The van der Waals surface area contributed by atoms with Gasteiger partial charge in [0.25, 0.3) is 0 Å². The van der Waals surface area contributed by atoms with Crippen LogP contribution in [0.25, 0.3) is 0 Å². The first-order chi connectivity index (χ1) is 9.88. The zero-order valence-corrected chi connectivity index (χ0v) is 14.0. The van der Waals surface area contributed by atoms with Crippen molar-refractivity contribution in [2.45, 2.75) is 26.2 Å². The summed E-state index contributed by atoms with van der Waals surface area (Å²) in [6.45, 7) is 2.72. The number of carboxylic acids is 1. The average molecular weight is 350 g/mol. The van der Waals surface area contributed by atoms with E-state index >= 15 is 0 Å². The van der Waals surface area contributed by atoms with E-state index in [1.165, 1.54) is 11.3 Å². The molecule has 1 aromatic rings. The number of thiophene rings is 1. The Balaban J connectivity index is 1.80. The molecule has 2 rings (SSSR count). The van der Waals surface area contributed by atoms with E-state index < -0.39 is 11.9 Å². The lowest BCUT2D eigenvalue weighted by Crippen LogP contribution is -2.29. The molecule has 2 heterocycles. The molecule has 7 heteroatoms. The monoisotopic (exact) mass is 349 g/mol. The quantitative estimate of drug-likeness (QED) is 0.883. The number of hydrogen-bond acceptors (Lipinski definition) is 3. The molecule has 0 aromatic carbocycles. The predicted molar refractivity (Wildman–Crippen MR) is 84.1 cm³/mol. The Morgan fingerprint density at radius 3 is 2.67 bits per heavy atom. The summed E-state index contributed by atoms with van der Waals surface area (Å²) in [5.74, 6) is -1.24. The fourth-order valence-corrected chi connectivity index (χ4v) is 4.17. The van der Waals surface area contributed by atoms with Crippen molar-refractivity contribution in [1.29, 1.82) is 0 Å². The summed E-state index contributed by atoms with van der Waals surface area (Å²) in [6, 6.07) is 1.83. The third-order valence-corrected chi connectivity index (χ3v) is 5.42. The summed E-state index contributed by atoms with van der Waals surface area (Å²) in [5, 5.41) is 9.08. The number of carbonyl (C=O) groups is 2. The van der Waals surface area contributed by atoms with Gasteiger partial charge in [-0.25, -0.2) is 0 Å². The second-order valence-electron chi connectivity index (χ2n) is 5.42. The van der Waals surface area contributed by atoms with Gasteiger partial charge in [-0.2, -0.15) is 0 Å². The van der Waals surface area contributed by atoms with Crippen LogP contribution in [0.1, 0.15) is 25.3 Å². The molecule has 0 unspecified atom stereocenters. The van der Waals surface area contributed by atoms with Gasteiger partial charge in [-0.15, -0.1) is 11.3 Å². The van der Waals surface area contributed by atoms with Crippen molar-refractivity contribution >= 4 is 46.4 Å². The first-order valence-corrected chi connectivity index (χ1v) is 8.40. The minimum absolute atomic E-state index is 0.0107. The number of carbonyl (C=O) groups excluding carboxylic acids is 1. The molecule has 1 amide bonds. The summed E-state index contributed by atoms with van der Waals surface area (Å²) >= 11 is 13.2. The molecule has 1 saturated heterocycles. The Morgan fingerprint density at radius 2 is 2.14 bits per heavy atom. The Labute approximate surface area is 137 Å². The van der Waals surface area contributed by atoms with Crippen molar-refractivity contribution < 1.29 is 14.7 Å². The second kappa shape index (κ2) is 6.99. The van der Waals surface area contributed by atoms with Crippen LogP contribution in [0.3, 0.4) is 0 Å². The number of hydrogen-bond donors (Lipinski definition) is 1. The van der Waals surface area contributed by atoms with E-state index in [-0.39, 0.29) is 11.8 Å². The predicted octanol–water partition coefficient (Wildman–Crippen LogP) is 3.56. The Hall–Kier alpha value is -0.780. The normalized spacial score (nSPS) is 21.8. The molecule has 1 N–H and O–H groups in total. The van der Waals surface area contributed by atoms with E-state index in [1.54, 1.807) is 4.90 Å². The molecule has 1 fully saturated rings. The fourth-order valence-electron chi connectivity index (χ4n) is 2.62. The van der Waals surface area contributed by atoms with Crippen molar-refractivity contribution in [2.75, 3.05) is 13.1 Å². The standard InChI is InChI=1S/C14H17Cl2NO3S/c1-8-6-17(7-10(8)14(19)20)12(18)4-2-3-9-5-11(15)21-13(9)16/h5,8,10H,2-4,6-7H2,1H3,(H,19,20)/t8-,10-/m1/s1. The molecule has 21 heavy (non-hydrogen) atoms. The summed E-state index contributed by atoms with van der Waals surface area (Å²) in [4.78, 5) is 24.8. The zero-order chi connectivity index (χ0) is 15.6. The SMILES string of the molecule is C[C@@H]1CN(C(=O)CCCc2cc(Cl)sc2Cl)C[C@H]1C(=O)O. The average Bonchev–Trinajstić information content (AvgIpc) is 2.93. The van der Waals surface area contributed by atoms with Crippen LogP contribution < -0.4 is 0 Å². The van der Waals surface area contributed by atoms with Gasteiger partial charge < -0.3 is 10.0 Å². The maximum Gasteiger partial charge on any atom is 0.308 e. The van der Waals surface area contributed by atoms with Crippen molar-refractivity contribution in [1.82, 2.24) is 4.90 Å².